The monoisotopic (exact) mass is 146 g/mol. The third-order valence-corrected chi connectivity index (χ3v) is 1.13. The Morgan fingerprint density at radius 3 is 2.25 bits per heavy atom. The molecule has 4 heteroatoms. The van der Waals surface area contributed by atoms with E-state index >= 15 is 0 Å². The smallest absolute Gasteiger partial charge is 0.137 e. The Bertz CT molecular complexity index is 130. The maximum atomic E-state index is 5.10. The first-order valence-corrected chi connectivity index (χ1v) is 2.71. The molecule has 0 aliphatic carbocycles. The SMILES string of the molecule is C=CNC(=S)C(N)=S. The third-order valence-electron chi connectivity index (χ3n) is 0.457. The van der Waals surface area contributed by atoms with Gasteiger partial charge in [0.2, 0.25) is 0 Å². The number of thiocarbonyl (C=S) groups is 2. The number of nitrogens with two attached hydrogens (primary N) is 1. The summed E-state index contributed by atoms with van der Waals surface area (Å²) in [6.07, 6.45) is 1.43. The fourth-order valence-electron chi connectivity index (χ4n) is 0.164. The van der Waals surface area contributed by atoms with E-state index in [1.165, 1.54) is 6.20 Å². The van der Waals surface area contributed by atoms with E-state index in [4.69, 9.17) is 5.73 Å². The van der Waals surface area contributed by atoms with Crippen LogP contribution in [0.4, 0.5) is 0 Å². The predicted molar refractivity (Wildman–Crippen MR) is 42.7 cm³/mol. The Morgan fingerprint density at radius 2 is 2.12 bits per heavy atom. The van der Waals surface area contributed by atoms with Gasteiger partial charge in [0.15, 0.2) is 0 Å². The number of nitrogens with one attached hydrogen (secondary N) is 1. The van der Waals surface area contributed by atoms with Crippen molar-refractivity contribution in [3.8, 4) is 0 Å². The van der Waals surface area contributed by atoms with E-state index in [2.05, 4.69) is 36.3 Å². The summed E-state index contributed by atoms with van der Waals surface area (Å²) in [5.74, 6) is 0. The molecule has 0 aromatic carbocycles. The van der Waals surface area contributed by atoms with Crippen LogP contribution < -0.4 is 11.1 Å². The van der Waals surface area contributed by atoms with Crippen LogP contribution in [-0.2, 0) is 0 Å². The van der Waals surface area contributed by atoms with Gasteiger partial charge in [-0.1, -0.05) is 31.0 Å². The Labute approximate surface area is 58.8 Å². The molecule has 2 nitrogen and oxygen atoms in total. The maximum Gasteiger partial charge on any atom is 0.137 e. The lowest BCUT2D eigenvalue weighted by atomic mass is 10.6. The van der Waals surface area contributed by atoms with E-state index < -0.39 is 0 Å². The van der Waals surface area contributed by atoms with Crippen molar-refractivity contribution in [1.29, 1.82) is 0 Å². The summed E-state index contributed by atoms with van der Waals surface area (Å²) in [6, 6.07) is 0. The molecule has 0 aliphatic rings. The second-order valence-corrected chi connectivity index (χ2v) is 1.89. The van der Waals surface area contributed by atoms with Gasteiger partial charge >= 0.3 is 0 Å². The Hall–Kier alpha value is -0.480. The molecule has 0 heterocycles. The van der Waals surface area contributed by atoms with Gasteiger partial charge in [-0.3, -0.25) is 0 Å². The summed E-state index contributed by atoms with van der Waals surface area (Å²) < 4.78 is 0. The van der Waals surface area contributed by atoms with Crippen LogP contribution in [0.2, 0.25) is 0 Å². The van der Waals surface area contributed by atoms with Gasteiger partial charge in [-0.25, -0.2) is 0 Å². The highest BCUT2D eigenvalue weighted by molar-refractivity contribution is 7.89. The molecule has 0 aliphatic heterocycles. The van der Waals surface area contributed by atoms with E-state index in [1.807, 2.05) is 0 Å². The number of hydrogen-bond acceptors (Lipinski definition) is 2. The minimum atomic E-state index is 0.194. The molecular formula is C4H6N2S2. The van der Waals surface area contributed by atoms with Gasteiger partial charge < -0.3 is 11.1 Å². The average Bonchev–Trinajstić information content (AvgIpc) is 1.67. The van der Waals surface area contributed by atoms with Crippen LogP contribution in [0.5, 0.6) is 0 Å². The highest BCUT2D eigenvalue weighted by Gasteiger charge is 1.91. The molecule has 44 valence electrons. The number of hydrogen-bond donors (Lipinski definition) is 2. The fraction of sp³-hybridized carbons (Fsp3) is 0. The molecular weight excluding hydrogens is 140 g/mol. The molecule has 0 atom stereocenters. The van der Waals surface area contributed by atoms with Crippen molar-refractivity contribution in [2.45, 2.75) is 0 Å². The molecule has 0 fully saturated rings. The average molecular weight is 146 g/mol. The van der Waals surface area contributed by atoms with Crippen LogP contribution in [-0.4, -0.2) is 9.98 Å². The topological polar surface area (TPSA) is 38.0 Å². The standard InChI is InChI=1S/C4H6N2S2/c1-2-6-4(8)3(5)7/h2H,1H2,(H2,5,7)(H,6,8). The zero-order chi connectivity index (χ0) is 6.57. The van der Waals surface area contributed by atoms with Gasteiger partial charge in [-0.2, -0.15) is 0 Å². The van der Waals surface area contributed by atoms with Gasteiger partial charge in [0.1, 0.15) is 9.98 Å². The highest BCUT2D eigenvalue weighted by atomic mass is 32.1. The van der Waals surface area contributed by atoms with Crippen LogP contribution in [0.3, 0.4) is 0 Å². The van der Waals surface area contributed by atoms with Crippen molar-refractivity contribution in [3.05, 3.63) is 12.8 Å². The normalized spacial score (nSPS) is 7.50. The minimum absolute atomic E-state index is 0.194. The summed E-state index contributed by atoms with van der Waals surface area (Å²) in [6.45, 7) is 3.37. The van der Waals surface area contributed by atoms with Crippen molar-refractivity contribution in [1.82, 2.24) is 5.32 Å². The van der Waals surface area contributed by atoms with Gasteiger partial charge in [-0.05, 0) is 6.20 Å². The van der Waals surface area contributed by atoms with Crippen LogP contribution >= 0.6 is 24.4 Å². The van der Waals surface area contributed by atoms with Gasteiger partial charge in [0, 0.05) is 0 Å². The van der Waals surface area contributed by atoms with Crippen molar-refractivity contribution < 1.29 is 0 Å². The predicted octanol–water partition coefficient (Wildman–Crippen LogP) is 0.333. The molecule has 8 heavy (non-hydrogen) atoms. The molecule has 0 saturated heterocycles. The third kappa shape index (κ3) is 2.65. The first kappa shape index (κ1) is 7.52. The Balaban J connectivity index is 3.65. The van der Waals surface area contributed by atoms with Crippen molar-refractivity contribution >= 4 is 34.4 Å². The second-order valence-electron chi connectivity index (χ2n) is 1.04. The summed E-state index contributed by atoms with van der Waals surface area (Å²) in [5.41, 5.74) is 5.10. The molecule has 3 N–H and O–H groups in total. The van der Waals surface area contributed by atoms with Gasteiger partial charge in [0.25, 0.3) is 0 Å². The molecule has 0 amide bonds. The quantitative estimate of drug-likeness (QED) is 0.523. The Kier molecular flexibility index (Phi) is 3.30. The van der Waals surface area contributed by atoms with Crippen LogP contribution in [0, 0.1) is 0 Å². The molecule has 0 spiro atoms. The largest absolute Gasteiger partial charge is 0.388 e. The van der Waals surface area contributed by atoms with Crippen molar-refractivity contribution in [3.63, 3.8) is 0 Å². The summed E-state index contributed by atoms with van der Waals surface area (Å²) in [5, 5.41) is 2.57. The van der Waals surface area contributed by atoms with E-state index in [1.54, 1.807) is 0 Å². The summed E-state index contributed by atoms with van der Waals surface area (Å²) >= 11 is 9.14. The second kappa shape index (κ2) is 3.51. The first-order chi connectivity index (χ1) is 3.68. The molecule has 0 unspecified atom stereocenters. The summed E-state index contributed by atoms with van der Waals surface area (Å²) in [7, 11) is 0. The van der Waals surface area contributed by atoms with E-state index in [0.717, 1.165) is 0 Å². The molecule has 0 radical (unpaired) electrons. The highest BCUT2D eigenvalue weighted by Crippen LogP contribution is 1.71. The molecule has 0 rings (SSSR count). The Morgan fingerprint density at radius 1 is 1.62 bits per heavy atom. The lowest BCUT2D eigenvalue weighted by Gasteiger charge is -1.96. The zero-order valence-corrected chi connectivity index (χ0v) is 5.81. The minimum Gasteiger partial charge on any atom is -0.388 e. The van der Waals surface area contributed by atoms with E-state index in [-0.39, 0.29) is 4.99 Å². The van der Waals surface area contributed by atoms with Crippen molar-refractivity contribution in [2.75, 3.05) is 0 Å². The summed E-state index contributed by atoms with van der Waals surface area (Å²) in [4.78, 5) is 0.551. The number of rotatable bonds is 1. The van der Waals surface area contributed by atoms with E-state index in [9.17, 15) is 0 Å². The van der Waals surface area contributed by atoms with Crippen LogP contribution in [0.25, 0.3) is 0 Å². The lowest BCUT2D eigenvalue weighted by molar-refractivity contribution is 1.34. The lowest BCUT2D eigenvalue weighted by Crippen LogP contribution is -2.29. The van der Waals surface area contributed by atoms with E-state index in [0.29, 0.717) is 4.99 Å². The van der Waals surface area contributed by atoms with Crippen LogP contribution in [0.1, 0.15) is 0 Å². The van der Waals surface area contributed by atoms with Gasteiger partial charge in [0.05, 0.1) is 0 Å². The molecule has 0 aromatic heterocycles. The first-order valence-electron chi connectivity index (χ1n) is 1.89. The van der Waals surface area contributed by atoms with Crippen molar-refractivity contribution in [2.24, 2.45) is 5.73 Å². The molecule has 0 saturated carbocycles. The molecule has 0 bridgehead atoms. The molecule has 0 aromatic rings. The van der Waals surface area contributed by atoms with Crippen LogP contribution in [0.15, 0.2) is 12.8 Å². The fourth-order valence-corrected chi connectivity index (χ4v) is 0.306. The van der Waals surface area contributed by atoms with Gasteiger partial charge in [-0.15, -0.1) is 0 Å². The maximum absolute atomic E-state index is 5.10. The zero-order valence-electron chi connectivity index (χ0n) is 4.18.